The van der Waals surface area contributed by atoms with E-state index in [-0.39, 0.29) is 6.04 Å². The van der Waals surface area contributed by atoms with Crippen molar-refractivity contribution >= 4 is 0 Å². The number of ether oxygens (including phenoxy) is 1. The third kappa shape index (κ3) is 3.04. The van der Waals surface area contributed by atoms with Crippen LogP contribution in [0.3, 0.4) is 0 Å². The Labute approximate surface area is 101 Å². The predicted molar refractivity (Wildman–Crippen MR) is 67.9 cm³/mol. The first kappa shape index (κ1) is 11.6. The molecule has 1 aromatic heterocycles. The molecule has 0 aliphatic carbocycles. The Hall–Kier alpha value is -1.87. The molecule has 0 fully saturated rings. The van der Waals surface area contributed by atoms with Crippen LogP contribution in [0.25, 0.3) is 0 Å². The van der Waals surface area contributed by atoms with Crippen molar-refractivity contribution in [2.24, 2.45) is 5.73 Å². The normalized spacial score (nSPS) is 12.1. The lowest BCUT2D eigenvalue weighted by atomic mass is 10.0. The molecule has 1 aromatic carbocycles. The molecule has 0 saturated carbocycles. The maximum Gasteiger partial charge on any atom is 0.119 e. The van der Waals surface area contributed by atoms with E-state index in [9.17, 15) is 0 Å². The highest BCUT2D eigenvalue weighted by atomic mass is 16.5. The number of rotatable bonds is 4. The molecule has 0 bridgehead atoms. The van der Waals surface area contributed by atoms with Crippen LogP contribution in [-0.2, 0) is 6.42 Å². The summed E-state index contributed by atoms with van der Waals surface area (Å²) in [5.74, 6) is 0.862. The summed E-state index contributed by atoms with van der Waals surface area (Å²) in [6, 6.07) is 11.8. The fourth-order valence-corrected chi connectivity index (χ4v) is 1.77. The van der Waals surface area contributed by atoms with Crippen molar-refractivity contribution in [3.05, 3.63) is 59.9 Å². The molecule has 3 heteroatoms. The Morgan fingerprint density at radius 2 is 2.18 bits per heavy atom. The van der Waals surface area contributed by atoms with Crippen LogP contribution in [0, 0.1) is 0 Å². The Kier molecular flexibility index (Phi) is 3.73. The van der Waals surface area contributed by atoms with E-state index in [1.54, 1.807) is 13.3 Å². The van der Waals surface area contributed by atoms with E-state index in [2.05, 4.69) is 11.1 Å². The molecular formula is C14H16N2O. The summed E-state index contributed by atoms with van der Waals surface area (Å²) in [5, 5.41) is 0. The lowest BCUT2D eigenvalue weighted by Crippen LogP contribution is -2.13. The number of nitrogens with two attached hydrogens (primary N) is 1. The monoisotopic (exact) mass is 228 g/mol. The molecule has 2 rings (SSSR count). The van der Waals surface area contributed by atoms with E-state index in [4.69, 9.17) is 10.5 Å². The second-order valence-corrected chi connectivity index (χ2v) is 3.95. The van der Waals surface area contributed by atoms with Crippen LogP contribution in [0.2, 0.25) is 0 Å². The quantitative estimate of drug-likeness (QED) is 0.873. The first-order valence-electron chi connectivity index (χ1n) is 5.58. The van der Waals surface area contributed by atoms with Crippen LogP contribution in [0.1, 0.15) is 17.2 Å². The fraction of sp³-hybridized carbons (Fsp3) is 0.214. The maximum absolute atomic E-state index is 6.14. The van der Waals surface area contributed by atoms with E-state index < -0.39 is 0 Å². The van der Waals surface area contributed by atoms with Crippen LogP contribution < -0.4 is 10.5 Å². The smallest absolute Gasteiger partial charge is 0.119 e. The maximum atomic E-state index is 6.14. The minimum absolute atomic E-state index is 0.0317. The van der Waals surface area contributed by atoms with Gasteiger partial charge in [-0.05, 0) is 35.7 Å². The molecule has 0 aliphatic rings. The van der Waals surface area contributed by atoms with Gasteiger partial charge in [0.05, 0.1) is 7.11 Å². The summed E-state index contributed by atoms with van der Waals surface area (Å²) >= 11 is 0. The van der Waals surface area contributed by atoms with Gasteiger partial charge in [-0.15, -0.1) is 0 Å². The van der Waals surface area contributed by atoms with Crippen molar-refractivity contribution in [2.45, 2.75) is 12.5 Å². The lowest BCUT2D eigenvalue weighted by molar-refractivity contribution is 0.414. The molecule has 0 amide bonds. The van der Waals surface area contributed by atoms with Gasteiger partial charge in [0.2, 0.25) is 0 Å². The van der Waals surface area contributed by atoms with E-state index in [0.29, 0.717) is 0 Å². The van der Waals surface area contributed by atoms with Crippen LogP contribution in [-0.4, -0.2) is 12.1 Å². The number of benzene rings is 1. The molecule has 0 unspecified atom stereocenters. The molecule has 1 atom stereocenters. The first-order chi connectivity index (χ1) is 8.29. The summed E-state index contributed by atoms with van der Waals surface area (Å²) in [4.78, 5) is 4.08. The zero-order valence-corrected chi connectivity index (χ0v) is 9.84. The molecule has 0 saturated heterocycles. The number of hydrogen-bond donors (Lipinski definition) is 1. The molecule has 0 radical (unpaired) electrons. The number of methoxy groups -OCH3 is 1. The van der Waals surface area contributed by atoms with Gasteiger partial charge in [-0.1, -0.05) is 18.2 Å². The van der Waals surface area contributed by atoms with Crippen LogP contribution in [0.15, 0.2) is 48.8 Å². The fourth-order valence-electron chi connectivity index (χ4n) is 1.77. The van der Waals surface area contributed by atoms with E-state index >= 15 is 0 Å². The molecule has 2 N–H and O–H groups in total. The Balaban J connectivity index is 2.10. The standard InChI is InChI=1S/C14H16N2O/c1-17-13-6-2-4-11(8-13)9-14(15)12-5-3-7-16-10-12/h2-8,10,14H,9,15H2,1H3/t14-/m1/s1. The van der Waals surface area contributed by atoms with Crippen molar-refractivity contribution in [1.29, 1.82) is 0 Å². The molecule has 2 aromatic rings. The average molecular weight is 228 g/mol. The van der Waals surface area contributed by atoms with Crippen LogP contribution in [0.4, 0.5) is 0 Å². The van der Waals surface area contributed by atoms with Crippen LogP contribution in [0.5, 0.6) is 5.75 Å². The van der Waals surface area contributed by atoms with Crippen LogP contribution >= 0.6 is 0 Å². The molecule has 0 aliphatic heterocycles. The Morgan fingerprint density at radius 3 is 2.88 bits per heavy atom. The van der Waals surface area contributed by atoms with Gasteiger partial charge >= 0.3 is 0 Å². The summed E-state index contributed by atoms with van der Waals surface area (Å²) < 4.78 is 5.19. The Morgan fingerprint density at radius 1 is 1.29 bits per heavy atom. The number of aromatic nitrogens is 1. The van der Waals surface area contributed by atoms with Crippen molar-refractivity contribution < 1.29 is 4.74 Å². The molecule has 88 valence electrons. The molecule has 0 spiro atoms. The number of nitrogens with zero attached hydrogens (tertiary/aromatic N) is 1. The third-order valence-corrected chi connectivity index (χ3v) is 2.70. The summed E-state index contributed by atoms with van der Waals surface area (Å²) in [6.07, 6.45) is 4.34. The van der Waals surface area contributed by atoms with Gasteiger partial charge < -0.3 is 10.5 Å². The Bertz CT molecular complexity index is 471. The number of pyridine rings is 1. The minimum atomic E-state index is -0.0317. The highest BCUT2D eigenvalue weighted by Gasteiger charge is 2.07. The molecule has 17 heavy (non-hydrogen) atoms. The average Bonchev–Trinajstić information content (AvgIpc) is 2.40. The van der Waals surface area contributed by atoms with Gasteiger partial charge in [0.25, 0.3) is 0 Å². The van der Waals surface area contributed by atoms with E-state index in [1.165, 1.54) is 5.56 Å². The van der Waals surface area contributed by atoms with E-state index in [0.717, 1.165) is 17.7 Å². The van der Waals surface area contributed by atoms with Gasteiger partial charge in [-0.2, -0.15) is 0 Å². The summed E-state index contributed by atoms with van der Waals surface area (Å²) in [7, 11) is 1.67. The molecule has 1 heterocycles. The van der Waals surface area contributed by atoms with Gasteiger partial charge in [0.15, 0.2) is 0 Å². The topological polar surface area (TPSA) is 48.1 Å². The van der Waals surface area contributed by atoms with Crippen molar-refractivity contribution in [1.82, 2.24) is 4.98 Å². The van der Waals surface area contributed by atoms with Gasteiger partial charge in [0.1, 0.15) is 5.75 Å². The number of hydrogen-bond acceptors (Lipinski definition) is 3. The molecular weight excluding hydrogens is 212 g/mol. The summed E-state index contributed by atoms with van der Waals surface area (Å²) in [6.45, 7) is 0. The highest BCUT2D eigenvalue weighted by Crippen LogP contribution is 2.18. The van der Waals surface area contributed by atoms with Crippen molar-refractivity contribution in [3.63, 3.8) is 0 Å². The first-order valence-corrected chi connectivity index (χ1v) is 5.58. The second kappa shape index (κ2) is 5.46. The predicted octanol–water partition coefficient (Wildman–Crippen LogP) is 2.33. The molecule has 3 nitrogen and oxygen atoms in total. The van der Waals surface area contributed by atoms with Gasteiger partial charge in [-0.3, -0.25) is 4.98 Å². The van der Waals surface area contributed by atoms with Crippen molar-refractivity contribution in [3.8, 4) is 5.75 Å². The zero-order chi connectivity index (χ0) is 12.1. The zero-order valence-electron chi connectivity index (χ0n) is 9.84. The third-order valence-electron chi connectivity index (χ3n) is 2.70. The second-order valence-electron chi connectivity index (χ2n) is 3.95. The lowest BCUT2D eigenvalue weighted by Gasteiger charge is -2.12. The minimum Gasteiger partial charge on any atom is -0.497 e. The van der Waals surface area contributed by atoms with Crippen molar-refractivity contribution in [2.75, 3.05) is 7.11 Å². The van der Waals surface area contributed by atoms with Gasteiger partial charge in [0, 0.05) is 18.4 Å². The van der Waals surface area contributed by atoms with Gasteiger partial charge in [-0.25, -0.2) is 0 Å². The summed E-state index contributed by atoms with van der Waals surface area (Å²) in [5.41, 5.74) is 8.36. The largest absolute Gasteiger partial charge is 0.497 e. The SMILES string of the molecule is COc1cccc(C[C@@H](N)c2cccnc2)c1. The van der Waals surface area contributed by atoms with E-state index in [1.807, 2.05) is 36.5 Å². The highest BCUT2D eigenvalue weighted by molar-refractivity contribution is 5.30.